The van der Waals surface area contributed by atoms with Crippen LogP contribution in [0.1, 0.15) is 41.2 Å². The van der Waals surface area contributed by atoms with E-state index >= 15 is 0 Å². The normalized spacial score (nSPS) is 14.0. The number of rotatable bonds is 3. The second-order valence-corrected chi connectivity index (χ2v) is 5.66. The number of nitro groups is 1. The average Bonchev–Trinajstić information content (AvgIpc) is 2.77. The third-order valence-corrected chi connectivity index (χ3v) is 4.37. The van der Waals surface area contributed by atoms with Crippen LogP contribution in [0.2, 0.25) is 0 Å². The topological polar surface area (TPSA) is 61.0 Å². The van der Waals surface area contributed by atoms with E-state index in [1.54, 1.807) is 12.1 Å². The number of fused-ring (bicyclic) bond motifs is 1. The molecule has 21 heavy (non-hydrogen) atoms. The quantitative estimate of drug-likeness (QED) is 0.642. The third kappa shape index (κ3) is 2.44. The number of nitro benzene ring substituents is 1. The van der Waals surface area contributed by atoms with Crippen molar-refractivity contribution in [3.63, 3.8) is 0 Å². The SMILES string of the molecule is Cc1c(Cn2c(C)nc3c2CCCC3)cccc1[N+](=O)[O-]. The predicted molar refractivity (Wildman–Crippen MR) is 80.5 cm³/mol. The summed E-state index contributed by atoms with van der Waals surface area (Å²) >= 11 is 0. The van der Waals surface area contributed by atoms with E-state index in [9.17, 15) is 10.1 Å². The fraction of sp³-hybridized carbons (Fsp3) is 0.438. The predicted octanol–water partition coefficient (Wildman–Crippen LogP) is 3.34. The first-order chi connectivity index (χ1) is 10.1. The van der Waals surface area contributed by atoms with E-state index in [0.29, 0.717) is 6.54 Å². The average molecular weight is 285 g/mol. The van der Waals surface area contributed by atoms with Crippen molar-refractivity contribution in [3.05, 3.63) is 56.7 Å². The molecule has 1 aromatic carbocycles. The summed E-state index contributed by atoms with van der Waals surface area (Å²) in [5.41, 5.74) is 4.46. The van der Waals surface area contributed by atoms with Gasteiger partial charge in [-0.15, -0.1) is 0 Å². The van der Waals surface area contributed by atoms with Gasteiger partial charge in [0.15, 0.2) is 0 Å². The van der Waals surface area contributed by atoms with Gasteiger partial charge in [0.25, 0.3) is 5.69 Å². The molecule has 5 nitrogen and oxygen atoms in total. The van der Waals surface area contributed by atoms with E-state index in [1.807, 2.05) is 19.9 Å². The van der Waals surface area contributed by atoms with E-state index in [0.717, 1.165) is 29.8 Å². The van der Waals surface area contributed by atoms with Crippen LogP contribution in [-0.4, -0.2) is 14.5 Å². The van der Waals surface area contributed by atoms with Crippen LogP contribution in [-0.2, 0) is 19.4 Å². The second kappa shape index (κ2) is 5.31. The highest BCUT2D eigenvalue weighted by molar-refractivity contribution is 5.44. The molecule has 0 fully saturated rings. The molecule has 1 aliphatic carbocycles. The van der Waals surface area contributed by atoms with E-state index in [4.69, 9.17) is 0 Å². The molecule has 1 heterocycles. The minimum atomic E-state index is -0.310. The molecule has 0 atom stereocenters. The Morgan fingerprint density at radius 1 is 1.29 bits per heavy atom. The van der Waals surface area contributed by atoms with Gasteiger partial charge >= 0.3 is 0 Å². The molecule has 0 bridgehead atoms. The molecule has 3 rings (SSSR count). The van der Waals surface area contributed by atoms with Crippen LogP contribution in [0.25, 0.3) is 0 Å². The van der Waals surface area contributed by atoms with E-state index in [2.05, 4.69) is 9.55 Å². The molecular formula is C16H19N3O2. The summed E-state index contributed by atoms with van der Waals surface area (Å²) < 4.78 is 2.22. The molecule has 1 aromatic heterocycles. The fourth-order valence-corrected chi connectivity index (χ4v) is 3.15. The van der Waals surface area contributed by atoms with Crippen molar-refractivity contribution in [1.29, 1.82) is 0 Å². The monoisotopic (exact) mass is 285 g/mol. The maximum Gasteiger partial charge on any atom is 0.272 e. The molecule has 0 radical (unpaired) electrons. The van der Waals surface area contributed by atoms with Crippen LogP contribution >= 0.6 is 0 Å². The highest BCUT2D eigenvalue weighted by atomic mass is 16.6. The maximum atomic E-state index is 11.1. The van der Waals surface area contributed by atoms with Crippen LogP contribution < -0.4 is 0 Å². The summed E-state index contributed by atoms with van der Waals surface area (Å²) in [6.45, 7) is 4.51. The number of aryl methyl sites for hydroxylation is 2. The number of aromatic nitrogens is 2. The van der Waals surface area contributed by atoms with Gasteiger partial charge in [-0.3, -0.25) is 10.1 Å². The Morgan fingerprint density at radius 2 is 2.05 bits per heavy atom. The van der Waals surface area contributed by atoms with E-state index < -0.39 is 0 Å². The van der Waals surface area contributed by atoms with Crippen molar-refractivity contribution < 1.29 is 4.92 Å². The van der Waals surface area contributed by atoms with Crippen molar-refractivity contribution in [1.82, 2.24) is 9.55 Å². The van der Waals surface area contributed by atoms with Gasteiger partial charge in [-0.05, 0) is 45.1 Å². The van der Waals surface area contributed by atoms with E-state index in [1.165, 1.54) is 24.2 Å². The van der Waals surface area contributed by atoms with Gasteiger partial charge in [0.05, 0.1) is 10.6 Å². The van der Waals surface area contributed by atoms with Gasteiger partial charge in [0.2, 0.25) is 0 Å². The molecule has 0 unspecified atom stereocenters. The van der Waals surface area contributed by atoms with Crippen molar-refractivity contribution >= 4 is 5.69 Å². The minimum absolute atomic E-state index is 0.194. The molecular weight excluding hydrogens is 266 g/mol. The Labute approximate surface area is 123 Å². The van der Waals surface area contributed by atoms with Gasteiger partial charge in [-0.1, -0.05) is 12.1 Å². The van der Waals surface area contributed by atoms with Gasteiger partial charge < -0.3 is 4.57 Å². The lowest BCUT2D eigenvalue weighted by Gasteiger charge is -2.16. The van der Waals surface area contributed by atoms with Crippen LogP contribution in [0.3, 0.4) is 0 Å². The van der Waals surface area contributed by atoms with Crippen LogP contribution in [0.5, 0.6) is 0 Å². The Kier molecular flexibility index (Phi) is 3.49. The Bertz CT molecular complexity index is 704. The first-order valence-corrected chi connectivity index (χ1v) is 7.35. The molecule has 110 valence electrons. The van der Waals surface area contributed by atoms with Crippen molar-refractivity contribution in [2.24, 2.45) is 0 Å². The molecule has 2 aromatic rings. The Balaban J connectivity index is 2.00. The fourth-order valence-electron chi connectivity index (χ4n) is 3.15. The molecule has 0 spiro atoms. The van der Waals surface area contributed by atoms with E-state index in [-0.39, 0.29) is 10.6 Å². The first-order valence-electron chi connectivity index (χ1n) is 7.35. The van der Waals surface area contributed by atoms with Crippen LogP contribution in [0.4, 0.5) is 5.69 Å². The largest absolute Gasteiger partial charge is 0.328 e. The van der Waals surface area contributed by atoms with Crippen molar-refractivity contribution in [3.8, 4) is 0 Å². The number of imidazole rings is 1. The molecule has 0 N–H and O–H groups in total. The number of hydrogen-bond donors (Lipinski definition) is 0. The molecule has 0 saturated carbocycles. The zero-order valence-electron chi connectivity index (χ0n) is 12.4. The number of nitrogens with zero attached hydrogens (tertiary/aromatic N) is 3. The molecule has 0 saturated heterocycles. The maximum absolute atomic E-state index is 11.1. The summed E-state index contributed by atoms with van der Waals surface area (Å²) in [4.78, 5) is 15.4. The first kappa shape index (κ1) is 13.8. The summed E-state index contributed by atoms with van der Waals surface area (Å²) in [6.07, 6.45) is 4.52. The lowest BCUT2D eigenvalue weighted by Crippen LogP contribution is -2.11. The zero-order valence-corrected chi connectivity index (χ0v) is 12.4. The third-order valence-electron chi connectivity index (χ3n) is 4.37. The summed E-state index contributed by atoms with van der Waals surface area (Å²) in [7, 11) is 0. The molecule has 1 aliphatic rings. The Hall–Kier alpha value is -2.17. The molecule has 0 amide bonds. The molecule has 0 aliphatic heterocycles. The highest BCUT2D eigenvalue weighted by Gasteiger charge is 2.20. The van der Waals surface area contributed by atoms with Crippen LogP contribution in [0.15, 0.2) is 18.2 Å². The van der Waals surface area contributed by atoms with Gasteiger partial charge in [-0.2, -0.15) is 0 Å². The lowest BCUT2D eigenvalue weighted by molar-refractivity contribution is -0.385. The van der Waals surface area contributed by atoms with Gasteiger partial charge in [0.1, 0.15) is 5.82 Å². The van der Waals surface area contributed by atoms with Gasteiger partial charge in [0, 0.05) is 23.9 Å². The summed E-state index contributed by atoms with van der Waals surface area (Å²) in [5.74, 6) is 1.01. The Morgan fingerprint density at radius 3 is 2.81 bits per heavy atom. The minimum Gasteiger partial charge on any atom is -0.328 e. The van der Waals surface area contributed by atoms with Gasteiger partial charge in [-0.25, -0.2) is 4.98 Å². The summed E-state index contributed by atoms with van der Waals surface area (Å²) in [6, 6.07) is 5.30. The number of benzene rings is 1. The van der Waals surface area contributed by atoms with Crippen molar-refractivity contribution in [2.75, 3.05) is 0 Å². The van der Waals surface area contributed by atoms with Crippen LogP contribution in [0, 0.1) is 24.0 Å². The second-order valence-electron chi connectivity index (χ2n) is 5.66. The zero-order chi connectivity index (χ0) is 15.0. The molecule has 5 heteroatoms. The number of hydrogen-bond acceptors (Lipinski definition) is 3. The standard InChI is InChI=1S/C16H19N3O2/c1-11-13(6-5-9-15(11)19(20)21)10-18-12(2)17-14-7-3-4-8-16(14)18/h5-6,9H,3-4,7-8,10H2,1-2H3. The summed E-state index contributed by atoms with van der Waals surface area (Å²) in [5, 5.41) is 11.1. The smallest absolute Gasteiger partial charge is 0.272 e. The lowest BCUT2D eigenvalue weighted by atomic mass is 10.0. The van der Waals surface area contributed by atoms with Crippen molar-refractivity contribution in [2.45, 2.75) is 46.1 Å². The highest BCUT2D eigenvalue weighted by Crippen LogP contribution is 2.26.